The molecule has 0 atom stereocenters. The Kier molecular flexibility index (Phi) is 4.33. The van der Waals surface area contributed by atoms with E-state index in [0.717, 1.165) is 12.1 Å². The van der Waals surface area contributed by atoms with Crippen LogP contribution < -0.4 is 4.74 Å². The summed E-state index contributed by atoms with van der Waals surface area (Å²) >= 11 is 0. The Morgan fingerprint density at radius 3 is 2.26 bits per heavy atom. The number of hydrogen-bond acceptors (Lipinski definition) is 3. The highest BCUT2D eigenvalue weighted by Crippen LogP contribution is 2.37. The van der Waals surface area contributed by atoms with Crippen LogP contribution in [0.1, 0.15) is 12.5 Å². The van der Waals surface area contributed by atoms with Crippen molar-refractivity contribution in [1.29, 1.82) is 0 Å². The molecule has 0 heterocycles. The molecule has 1 aromatic rings. The Morgan fingerprint density at radius 2 is 1.74 bits per heavy atom. The van der Waals surface area contributed by atoms with E-state index in [9.17, 15) is 26.7 Å². The fourth-order valence-electron chi connectivity index (χ4n) is 1.18. The van der Waals surface area contributed by atoms with Gasteiger partial charge in [0, 0.05) is 0 Å². The number of ether oxygens (including phenoxy) is 2. The van der Waals surface area contributed by atoms with Crippen molar-refractivity contribution >= 4 is 5.97 Å². The molecule has 0 aliphatic rings. The van der Waals surface area contributed by atoms with E-state index < -0.39 is 29.6 Å². The van der Waals surface area contributed by atoms with E-state index in [1.54, 1.807) is 0 Å². The molecule has 0 aromatic heterocycles. The van der Waals surface area contributed by atoms with E-state index in [1.165, 1.54) is 6.92 Å². The molecule has 0 saturated carbocycles. The van der Waals surface area contributed by atoms with Crippen molar-refractivity contribution < 1.29 is 36.2 Å². The van der Waals surface area contributed by atoms with Crippen LogP contribution in [0.4, 0.5) is 22.0 Å². The van der Waals surface area contributed by atoms with Crippen LogP contribution in [0.5, 0.6) is 5.75 Å². The molecule has 1 rings (SSSR count). The summed E-state index contributed by atoms with van der Waals surface area (Å²) in [7, 11) is 0. The first kappa shape index (κ1) is 15.2. The number of alkyl halides is 5. The maximum atomic E-state index is 13.2. The SMILES string of the molecule is CCOC(=O)C(F)(F)Oc1ccccc1C(F)(F)F. The van der Waals surface area contributed by atoms with Crippen molar-refractivity contribution in [3.8, 4) is 5.75 Å². The molecule has 0 fully saturated rings. The highest BCUT2D eigenvalue weighted by atomic mass is 19.4. The van der Waals surface area contributed by atoms with Crippen molar-refractivity contribution in [2.24, 2.45) is 0 Å². The average Bonchev–Trinajstić information content (AvgIpc) is 2.28. The van der Waals surface area contributed by atoms with Gasteiger partial charge in [0.25, 0.3) is 0 Å². The van der Waals surface area contributed by atoms with Gasteiger partial charge in [0.1, 0.15) is 5.75 Å². The van der Waals surface area contributed by atoms with Gasteiger partial charge < -0.3 is 9.47 Å². The van der Waals surface area contributed by atoms with Crippen LogP contribution in [0.3, 0.4) is 0 Å². The van der Waals surface area contributed by atoms with Crippen LogP contribution in [0, 0.1) is 0 Å². The third-order valence-corrected chi connectivity index (χ3v) is 1.94. The number of hydrogen-bond donors (Lipinski definition) is 0. The average molecular weight is 284 g/mol. The molecule has 106 valence electrons. The maximum absolute atomic E-state index is 13.2. The lowest BCUT2D eigenvalue weighted by atomic mass is 10.2. The van der Waals surface area contributed by atoms with E-state index in [-0.39, 0.29) is 6.61 Å². The fraction of sp³-hybridized carbons (Fsp3) is 0.364. The number of para-hydroxylation sites is 1. The summed E-state index contributed by atoms with van der Waals surface area (Å²) < 4.78 is 71.8. The summed E-state index contributed by atoms with van der Waals surface area (Å²) in [6.45, 7) is 0.927. The molecule has 0 aliphatic carbocycles. The largest absolute Gasteiger partial charge is 0.502 e. The van der Waals surface area contributed by atoms with Crippen LogP contribution in [0.2, 0.25) is 0 Å². The van der Waals surface area contributed by atoms with E-state index in [0.29, 0.717) is 12.1 Å². The van der Waals surface area contributed by atoms with Gasteiger partial charge in [-0.05, 0) is 19.1 Å². The molecular formula is C11H9F5O3. The number of carbonyl (C=O) groups is 1. The number of benzene rings is 1. The minimum absolute atomic E-state index is 0.349. The number of halogens is 5. The molecule has 0 unspecified atom stereocenters. The molecule has 3 nitrogen and oxygen atoms in total. The molecule has 0 bridgehead atoms. The van der Waals surface area contributed by atoms with E-state index >= 15 is 0 Å². The summed E-state index contributed by atoms with van der Waals surface area (Å²) in [6, 6.07) is 3.34. The van der Waals surface area contributed by atoms with Crippen molar-refractivity contribution in [1.82, 2.24) is 0 Å². The third kappa shape index (κ3) is 3.80. The summed E-state index contributed by atoms with van der Waals surface area (Å²) in [6.07, 6.45) is -9.36. The second-order valence-corrected chi connectivity index (χ2v) is 3.33. The summed E-state index contributed by atoms with van der Waals surface area (Å²) in [4.78, 5) is 10.9. The van der Waals surface area contributed by atoms with Crippen molar-refractivity contribution in [3.63, 3.8) is 0 Å². The highest BCUT2D eigenvalue weighted by molar-refractivity contribution is 5.76. The van der Waals surface area contributed by atoms with Crippen LogP contribution >= 0.6 is 0 Å². The van der Waals surface area contributed by atoms with Crippen LogP contribution in [-0.4, -0.2) is 18.7 Å². The minimum Gasteiger partial charge on any atom is -0.459 e. The Labute approximate surface area is 104 Å². The molecule has 8 heteroatoms. The predicted molar refractivity (Wildman–Crippen MR) is 53.7 cm³/mol. The second-order valence-electron chi connectivity index (χ2n) is 3.33. The van der Waals surface area contributed by atoms with Crippen molar-refractivity contribution in [3.05, 3.63) is 29.8 Å². The van der Waals surface area contributed by atoms with Gasteiger partial charge in [-0.3, -0.25) is 0 Å². The first-order valence-electron chi connectivity index (χ1n) is 5.08. The molecular weight excluding hydrogens is 275 g/mol. The molecule has 0 spiro atoms. The van der Waals surface area contributed by atoms with Gasteiger partial charge in [-0.15, -0.1) is 0 Å². The zero-order valence-electron chi connectivity index (χ0n) is 9.63. The third-order valence-electron chi connectivity index (χ3n) is 1.94. The zero-order valence-corrected chi connectivity index (χ0v) is 9.63. The molecule has 1 aromatic carbocycles. The van der Waals surface area contributed by atoms with E-state index in [4.69, 9.17) is 0 Å². The minimum atomic E-state index is -4.87. The Morgan fingerprint density at radius 1 is 1.16 bits per heavy atom. The number of carbonyl (C=O) groups excluding carboxylic acids is 1. The molecule has 0 N–H and O–H groups in total. The first-order valence-corrected chi connectivity index (χ1v) is 5.08. The number of rotatable bonds is 4. The lowest BCUT2D eigenvalue weighted by molar-refractivity contribution is -0.218. The van der Waals surface area contributed by atoms with Crippen LogP contribution in [-0.2, 0) is 15.7 Å². The van der Waals surface area contributed by atoms with Gasteiger partial charge in [-0.1, -0.05) is 12.1 Å². The van der Waals surface area contributed by atoms with Gasteiger partial charge in [0.2, 0.25) is 0 Å². The van der Waals surface area contributed by atoms with E-state index in [1.807, 2.05) is 0 Å². The second kappa shape index (κ2) is 5.41. The normalized spacial score (nSPS) is 12.1. The lowest BCUT2D eigenvalue weighted by Gasteiger charge is -2.19. The Hall–Kier alpha value is -1.86. The van der Waals surface area contributed by atoms with Crippen molar-refractivity contribution in [2.75, 3.05) is 6.61 Å². The van der Waals surface area contributed by atoms with Gasteiger partial charge in [0.15, 0.2) is 0 Å². The standard InChI is InChI=1S/C11H9F5O3/c1-2-18-9(17)11(15,16)19-8-6-4-3-5-7(8)10(12,13)14/h3-6H,2H2,1H3. The quantitative estimate of drug-likeness (QED) is 0.629. The first-order chi connectivity index (χ1) is 8.68. The molecule has 0 aliphatic heterocycles. The maximum Gasteiger partial charge on any atom is 0.502 e. The van der Waals surface area contributed by atoms with Gasteiger partial charge in [0.05, 0.1) is 12.2 Å². The summed E-state index contributed by atoms with van der Waals surface area (Å²) in [5, 5.41) is 0. The molecule has 0 radical (unpaired) electrons. The van der Waals surface area contributed by atoms with E-state index in [2.05, 4.69) is 9.47 Å². The van der Waals surface area contributed by atoms with Crippen LogP contribution in [0.25, 0.3) is 0 Å². The zero-order chi connectivity index (χ0) is 14.7. The summed E-state index contributed by atoms with van der Waals surface area (Å²) in [5.74, 6) is -3.19. The fourth-order valence-corrected chi connectivity index (χ4v) is 1.18. The Bertz CT molecular complexity index is 456. The molecule has 19 heavy (non-hydrogen) atoms. The molecule has 0 saturated heterocycles. The molecule has 0 amide bonds. The van der Waals surface area contributed by atoms with Gasteiger partial charge in [-0.25, -0.2) is 4.79 Å². The van der Waals surface area contributed by atoms with Gasteiger partial charge >= 0.3 is 18.3 Å². The highest BCUT2D eigenvalue weighted by Gasteiger charge is 2.46. The van der Waals surface area contributed by atoms with Gasteiger partial charge in [-0.2, -0.15) is 22.0 Å². The Balaban J connectivity index is 3.03. The summed E-state index contributed by atoms with van der Waals surface area (Å²) in [5.41, 5.74) is -1.40. The van der Waals surface area contributed by atoms with Crippen molar-refractivity contribution in [2.45, 2.75) is 19.2 Å². The smallest absolute Gasteiger partial charge is 0.459 e. The monoisotopic (exact) mass is 284 g/mol. The topological polar surface area (TPSA) is 35.5 Å². The lowest BCUT2D eigenvalue weighted by Crippen LogP contribution is -2.37. The van der Waals surface area contributed by atoms with Crippen LogP contribution in [0.15, 0.2) is 24.3 Å². The number of esters is 1. The predicted octanol–water partition coefficient (Wildman–Crippen LogP) is 3.24.